The zero-order valence-corrected chi connectivity index (χ0v) is 7.26. The van der Waals surface area contributed by atoms with Crippen LogP contribution in [0.5, 0.6) is 0 Å². The van der Waals surface area contributed by atoms with Gasteiger partial charge in [0.05, 0.1) is 11.2 Å². The summed E-state index contributed by atoms with van der Waals surface area (Å²) in [4.78, 5) is 0. The fraction of sp³-hybridized carbons (Fsp3) is 0.429. The quantitative estimate of drug-likeness (QED) is 0.702. The zero-order valence-electron chi connectivity index (χ0n) is 6.50. The summed E-state index contributed by atoms with van der Waals surface area (Å²) in [5, 5.41) is 7.85. The monoisotopic (exact) mass is 171 g/mol. The summed E-state index contributed by atoms with van der Waals surface area (Å²) in [6.45, 7) is 4.06. The van der Waals surface area contributed by atoms with Crippen LogP contribution in [0.1, 0.15) is 25.3 Å². The minimum Gasteiger partial charge on any atom is -0.381 e. The Labute approximate surface area is 70.6 Å². The highest BCUT2D eigenvalue weighted by molar-refractivity contribution is 6.33. The maximum absolute atomic E-state index is 5.86. The molecule has 0 atom stereocenters. The van der Waals surface area contributed by atoms with Gasteiger partial charge in [0.1, 0.15) is 0 Å². The molecule has 0 unspecified atom stereocenters. The van der Waals surface area contributed by atoms with Gasteiger partial charge in [-0.05, 0) is 11.5 Å². The average Bonchev–Trinajstić information content (AvgIpc) is 1.94. The number of aromatic nitrogens is 2. The minimum atomic E-state index is 0.304. The van der Waals surface area contributed by atoms with Crippen LogP contribution in [0.2, 0.25) is 5.02 Å². The number of nitrogens with zero attached hydrogens (tertiary/aromatic N) is 2. The highest BCUT2D eigenvalue weighted by Gasteiger charge is 2.08. The maximum Gasteiger partial charge on any atom is 0.165 e. The van der Waals surface area contributed by atoms with E-state index in [-0.39, 0.29) is 0 Å². The van der Waals surface area contributed by atoms with E-state index in [2.05, 4.69) is 10.2 Å². The van der Waals surface area contributed by atoms with E-state index in [0.717, 1.165) is 5.56 Å². The third-order valence-electron chi connectivity index (χ3n) is 1.46. The number of rotatable bonds is 1. The van der Waals surface area contributed by atoms with Gasteiger partial charge < -0.3 is 5.73 Å². The zero-order chi connectivity index (χ0) is 8.43. The second kappa shape index (κ2) is 3.05. The summed E-state index contributed by atoms with van der Waals surface area (Å²) in [6.07, 6.45) is 1.64. The van der Waals surface area contributed by atoms with Crippen molar-refractivity contribution in [2.45, 2.75) is 19.8 Å². The van der Waals surface area contributed by atoms with E-state index in [4.69, 9.17) is 17.3 Å². The van der Waals surface area contributed by atoms with Crippen LogP contribution in [0.3, 0.4) is 0 Å². The summed E-state index contributed by atoms with van der Waals surface area (Å²) < 4.78 is 0. The van der Waals surface area contributed by atoms with Gasteiger partial charge in [0.15, 0.2) is 5.82 Å². The van der Waals surface area contributed by atoms with Gasteiger partial charge in [-0.3, -0.25) is 0 Å². The molecule has 0 saturated carbocycles. The molecule has 0 spiro atoms. The maximum atomic E-state index is 5.86. The molecule has 1 aromatic heterocycles. The van der Waals surface area contributed by atoms with E-state index < -0.39 is 0 Å². The first-order chi connectivity index (χ1) is 5.13. The molecule has 1 heterocycles. The summed E-state index contributed by atoms with van der Waals surface area (Å²) >= 11 is 5.86. The molecule has 0 radical (unpaired) electrons. The van der Waals surface area contributed by atoms with Crippen molar-refractivity contribution in [3.8, 4) is 0 Å². The Hall–Kier alpha value is -0.830. The van der Waals surface area contributed by atoms with E-state index in [0.29, 0.717) is 16.8 Å². The molecule has 11 heavy (non-hydrogen) atoms. The lowest BCUT2D eigenvalue weighted by molar-refractivity contribution is 0.844. The van der Waals surface area contributed by atoms with Gasteiger partial charge in [-0.1, -0.05) is 25.4 Å². The van der Waals surface area contributed by atoms with Gasteiger partial charge in [0, 0.05) is 0 Å². The number of halogens is 1. The van der Waals surface area contributed by atoms with Gasteiger partial charge >= 0.3 is 0 Å². The van der Waals surface area contributed by atoms with Crippen molar-refractivity contribution in [1.29, 1.82) is 0 Å². The van der Waals surface area contributed by atoms with E-state index >= 15 is 0 Å². The summed E-state index contributed by atoms with van der Waals surface area (Å²) in [6, 6.07) is 0. The fourth-order valence-electron chi connectivity index (χ4n) is 0.804. The molecule has 2 N–H and O–H groups in total. The van der Waals surface area contributed by atoms with Gasteiger partial charge in [0.25, 0.3) is 0 Å². The standard InChI is InChI=1S/C7H10ClN3/c1-4(2)5-3-10-11-7(9)6(5)8/h3-4H,1-2H3,(H2,9,11). The first-order valence-electron chi connectivity index (χ1n) is 3.39. The number of anilines is 1. The molecule has 4 heteroatoms. The van der Waals surface area contributed by atoms with Gasteiger partial charge in [-0.25, -0.2) is 0 Å². The second-order valence-corrected chi connectivity index (χ2v) is 3.03. The van der Waals surface area contributed by atoms with E-state index in [1.54, 1.807) is 6.20 Å². The lowest BCUT2D eigenvalue weighted by Crippen LogP contribution is -1.99. The lowest BCUT2D eigenvalue weighted by atomic mass is 10.1. The number of nitrogen functional groups attached to an aromatic ring is 1. The molecule has 0 aliphatic rings. The van der Waals surface area contributed by atoms with Crippen LogP contribution in [0, 0.1) is 0 Å². The van der Waals surface area contributed by atoms with Crippen LogP contribution in [0.4, 0.5) is 5.82 Å². The van der Waals surface area contributed by atoms with Crippen molar-refractivity contribution < 1.29 is 0 Å². The van der Waals surface area contributed by atoms with Crippen LogP contribution in [-0.2, 0) is 0 Å². The molecule has 60 valence electrons. The number of hydrogen-bond acceptors (Lipinski definition) is 3. The number of hydrogen-bond donors (Lipinski definition) is 1. The van der Waals surface area contributed by atoms with Crippen molar-refractivity contribution in [3.05, 3.63) is 16.8 Å². The lowest BCUT2D eigenvalue weighted by Gasteiger charge is -2.06. The molecular formula is C7H10ClN3. The molecule has 0 saturated heterocycles. The molecular weight excluding hydrogens is 162 g/mol. The van der Waals surface area contributed by atoms with Crippen LogP contribution in [-0.4, -0.2) is 10.2 Å². The molecule has 3 nitrogen and oxygen atoms in total. The van der Waals surface area contributed by atoms with Crippen LogP contribution >= 0.6 is 11.6 Å². The highest BCUT2D eigenvalue weighted by Crippen LogP contribution is 2.25. The molecule has 0 aromatic carbocycles. The first kappa shape index (κ1) is 8.27. The van der Waals surface area contributed by atoms with E-state index in [1.165, 1.54) is 0 Å². The molecule has 1 aromatic rings. The van der Waals surface area contributed by atoms with Gasteiger partial charge in [0.2, 0.25) is 0 Å². The summed E-state index contributed by atoms with van der Waals surface area (Å²) in [5.41, 5.74) is 6.40. The molecule has 0 amide bonds. The van der Waals surface area contributed by atoms with Crippen LogP contribution < -0.4 is 5.73 Å². The van der Waals surface area contributed by atoms with Crippen molar-refractivity contribution in [1.82, 2.24) is 10.2 Å². The molecule has 1 rings (SSSR count). The fourth-order valence-corrected chi connectivity index (χ4v) is 1.11. The largest absolute Gasteiger partial charge is 0.381 e. The summed E-state index contributed by atoms with van der Waals surface area (Å²) in [5.74, 6) is 0.637. The van der Waals surface area contributed by atoms with Crippen molar-refractivity contribution in [2.24, 2.45) is 0 Å². The van der Waals surface area contributed by atoms with Crippen molar-refractivity contribution in [3.63, 3.8) is 0 Å². The first-order valence-corrected chi connectivity index (χ1v) is 3.77. The third kappa shape index (κ3) is 1.60. The van der Waals surface area contributed by atoms with Crippen molar-refractivity contribution >= 4 is 17.4 Å². The van der Waals surface area contributed by atoms with Gasteiger partial charge in [-0.2, -0.15) is 5.10 Å². The van der Waals surface area contributed by atoms with E-state index in [1.807, 2.05) is 13.8 Å². The Morgan fingerprint density at radius 3 is 2.64 bits per heavy atom. The number of nitrogens with two attached hydrogens (primary N) is 1. The normalized spacial score (nSPS) is 10.5. The Balaban J connectivity index is 3.17. The Morgan fingerprint density at radius 2 is 2.18 bits per heavy atom. The summed E-state index contributed by atoms with van der Waals surface area (Å²) in [7, 11) is 0. The SMILES string of the molecule is CC(C)c1cnnc(N)c1Cl. The van der Waals surface area contributed by atoms with Crippen molar-refractivity contribution in [2.75, 3.05) is 5.73 Å². The van der Waals surface area contributed by atoms with Crippen LogP contribution in [0.15, 0.2) is 6.20 Å². The third-order valence-corrected chi connectivity index (χ3v) is 1.87. The Bertz CT molecular complexity index is 260. The molecule has 0 bridgehead atoms. The second-order valence-electron chi connectivity index (χ2n) is 2.65. The van der Waals surface area contributed by atoms with Gasteiger partial charge in [-0.15, -0.1) is 5.10 Å². The average molecular weight is 172 g/mol. The predicted octanol–water partition coefficient (Wildman–Crippen LogP) is 1.84. The Kier molecular flexibility index (Phi) is 2.29. The molecule has 0 fully saturated rings. The minimum absolute atomic E-state index is 0.304. The molecule has 0 aliphatic heterocycles. The molecule has 0 aliphatic carbocycles. The smallest absolute Gasteiger partial charge is 0.165 e. The highest BCUT2D eigenvalue weighted by atomic mass is 35.5. The van der Waals surface area contributed by atoms with Crippen LogP contribution in [0.25, 0.3) is 0 Å². The van der Waals surface area contributed by atoms with E-state index in [9.17, 15) is 0 Å². The predicted molar refractivity (Wildman–Crippen MR) is 45.5 cm³/mol. The topological polar surface area (TPSA) is 51.8 Å². The Morgan fingerprint density at radius 1 is 1.55 bits per heavy atom.